The zero-order chi connectivity index (χ0) is 14.5. The SMILES string of the molecule is Nc1ccc(S(=O)(=O)NCCOCC(F)F)c(Br)c1. The standard InChI is InChI=1S/C10H13BrF2N2O3S/c11-8-5-7(14)1-2-9(8)19(16,17)15-3-4-18-6-10(12)13/h1-2,5,10,15H,3-4,6,14H2. The molecule has 0 fully saturated rings. The van der Waals surface area contributed by atoms with E-state index in [1.54, 1.807) is 0 Å². The lowest BCUT2D eigenvalue weighted by Crippen LogP contribution is -2.28. The van der Waals surface area contributed by atoms with Crippen LogP contribution in [0.4, 0.5) is 14.5 Å². The number of nitrogens with two attached hydrogens (primary N) is 1. The van der Waals surface area contributed by atoms with Crippen molar-refractivity contribution in [2.24, 2.45) is 0 Å². The van der Waals surface area contributed by atoms with E-state index in [0.717, 1.165) is 0 Å². The van der Waals surface area contributed by atoms with E-state index in [-0.39, 0.29) is 18.0 Å². The fourth-order valence-electron chi connectivity index (χ4n) is 1.23. The third-order valence-corrected chi connectivity index (χ3v) is 4.47. The van der Waals surface area contributed by atoms with E-state index in [0.29, 0.717) is 10.2 Å². The number of benzene rings is 1. The molecule has 0 atom stereocenters. The molecule has 108 valence electrons. The Bertz CT molecular complexity index is 526. The average molecular weight is 359 g/mol. The molecule has 0 aromatic heterocycles. The van der Waals surface area contributed by atoms with Gasteiger partial charge in [-0.25, -0.2) is 21.9 Å². The Morgan fingerprint density at radius 3 is 2.68 bits per heavy atom. The summed E-state index contributed by atoms with van der Waals surface area (Å²) in [7, 11) is -3.73. The molecule has 19 heavy (non-hydrogen) atoms. The molecule has 0 aliphatic heterocycles. The number of nitrogens with one attached hydrogen (secondary N) is 1. The molecule has 3 N–H and O–H groups in total. The molecule has 9 heteroatoms. The van der Waals surface area contributed by atoms with Gasteiger partial charge in [-0.2, -0.15) is 0 Å². The van der Waals surface area contributed by atoms with Crippen molar-refractivity contribution in [1.29, 1.82) is 0 Å². The first-order valence-electron chi connectivity index (χ1n) is 5.23. The number of ether oxygens (including phenoxy) is 1. The maximum atomic E-state index is 11.9. The Hall–Kier alpha value is -0.770. The van der Waals surface area contributed by atoms with E-state index >= 15 is 0 Å². The van der Waals surface area contributed by atoms with Gasteiger partial charge < -0.3 is 10.5 Å². The summed E-state index contributed by atoms with van der Waals surface area (Å²) in [6.07, 6.45) is -2.57. The van der Waals surface area contributed by atoms with Gasteiger partial charge in [0.1, 0.15) is 6.61 Å². The van der Waals surface area contributed by atoms with Crippen molar-refractivity contribution < 1.29 is 21.9 Å². The lowest BCUT2D eigenvalue weighted by molar-refractivity contribution is 0.0199. The summed E-state index contributed by atoms with van der Waals surface area (Å²) in [4.78, 5) is 0.0237. The van der Waals surface area contributed by atoms with Crippen LogP contribution >= 0.6 is 15.9 Å². The molecule has 1 aromatic carbocycles. The molecular weight excluding hydrogens is 346 g/mol. The number of hydrogen-bond donors (Lipinski definition) is 2. The van der Waals surface area contributed by atoms with E-state index in [1.165, 1.54) is 18.2 Å². The van der Waals surface area contributed by atoms with E-state index in [1.807, 2.05) is 0 Å². The van der Waals surface area contributed by atoms with E-state index in [4.69, 9.17) is 5.73 Å². The summed E-state index contributed by atoms with van der Waals surface area (Å²) < 4.78 is 54.4. The second kappa shape index (κ2) is 7.13. The van der Waals surface area contributed by atoms with Crippen molar-refractivity contribution in [3.05, 3.63) is 22.7 Å². The zero-order valence-electron chi connectivity index (χ0n) is 9.77. The Labute approximate surface area is 118 Å². The molecule has 0 saturated heterocycles. The molecule has 1 rings (SSSR count). The van der Waals surface area contributed by atoms with E-state index in [9.17, 15) is 17.2 Å². The third kappa shape index (κ3) is 5.39. The van der Waals surface area contributed by atoms with Gasteiger partial charge in [-0.05, 0) is 34.1 Å². The van der Waals surface area contributed by atoms with E-state index in [2.05, 4.69) is 25.4 Å². The molecule has 5 nitrogen and oxygen atoms in total. The first-order chi connectivity index (χ1) is 8.83. The summed E-state index contributed by atoms with van der Waals surface area (Å²) in [6.45, 7) is -0.935. The van der Waals surface area contributed by atoms with Gasteiger partial charge in [0.15, 0.2) is 0 Å². The third-order valence-electron chi connectivity index (χ3n) is 2.03. The summed E-state index contributed by atoms with van der Waals surface area (Å²) in [5.41, 5.74) is 5.92. The number of nitrogen functional groups attached to an aromatic ring is 1. The molecule has 0 radical (unpaired) electrons. The highest BCUT2D eigenvalue weighted by Crippen LogP contribution is 2.23. The molecular formula is C10H13BrF2N2O3S. The fraction of sp³-hybridized carbons (Fsp3) is 0.400. The van der Waals surface area contributed by atoms with E-state index < -0.39 is 23.1 Å². The summed E-state index contributed by atoms with van der Waals surface area (Å²) in [6, 6.07) is 4.26. The predicted octanol–water partition coefficient (Wildman–Crippen LogP) is 1.59. The first kappa shape index (κ1) is 16.3. The van der Waals surface area contributed by atoms with Crippen molar-refractivity contribution in [2.75, 3.05) is 25.5 Å². The molecule has 0 unspecified atom stereocenters. The average Bonchev–Trinajstić information content (AvgIpc) is 2.27. The van der Waals surface area contributed by atoms with Crippen LogP contribution < -0.4 is 10.5 Å². The number of hydrogen-bond acceptors (Lipinski definition) is 4. The predicted molar refractivity (Wildman–Crippen MR) is 70.6 cm³/mol. The van der Waals surface area contributed by atoms with Crippen molar-refractivity contribution in [1.82, 2.24) is 4.72 Å². The van der Waals surface area contributed by atoms with Gasteiger partial charge >= 0.3 is 0 Å². The number of anilines is 1. The minimum atomic E-state index is -3.73. The van der Waals surface area contributed by atoms with Gasteiger partial charge in [0.2, 0.25) is 10.0 Å². The smallest absolute Gasteiger partial charge is 0.261 e. The monoisotopic (exact) mass is 358 g/mol. The Morgan fingerprint density at radius 1 is 1.42 bits per heavy atom. The van der Waals surface area contributed by atoms with Crippen LogP contribution in [0.15, 0.2) is 27.6 Å². The van der Waals surface area contributed by atoms with Crippen molar-refractivity contribution in [2.45, 2.75) is 11.3 Å². The largest absolute Gasteiger partial charge is 0.399 e. The van der Waals surface area contributed by atoms with Gasteiger partial charge in [-0.1, -0.05) is 0 Å². The Balaban J connectivity index is 2.56. The van der Waals surface area contributed by atoms with Crippen LogP contribution in [0.25, 0.3) is 0 Å². The summed E-state index contributed by atoms with van der Waals surface area (Å²) in [5, 5.41) is 0. The van der Waals surface area contributed by atoms with Crippen molar-refractivity contribution in [3.8, 4) is 0 Å². The van der Waals surface area contributed by atoms with Crippen LogP contribution in [-0.4, -0.2) is 34.6 Å². The molecule has 0 saturated carbocycles. The lowest BCUT2D eigenvalue weighted by atomic mass is 10.3. The van der Waals surface area contributed by atoms with Crippen LogP contribution in [-0.2, 0) is 14.8 Å². The van der Waals surface area contributed by atoms with Crippen LogP contribution in [0.2, 0.25) is 0 Å². The van der Waals surface area contributed by atoms with Crippen LogP contribution in [0.1, 0.15) is 0 Å². The topological polar surface area (TPSA) is 81.4 Å². The second-order valence-electron chi connectivity index (χ2n) is 3.55. The van der Waals surface area contributed by atoms with Gasteiger partial charge in [-0.3, -0.25) is 0 Å². The Kier molecular flexibility index (Phi) is 6.11. The van der Waals surface area contributed by atoms with Crippen molar-refractivity contribution in [3.63, 3.8) is 0 Å². The molecule has 0 aliphatic carbocycles. The fourth-order valence-corrected chi connectivity index (χ4v) is 3.34. The minimum absolute atomic E-state index is 0.0237. The zero-order valence-corrected chi connectivity index (χ0v) is 12.2. The molecule has 0 amide bonds. The molecule has 1 aromatic rings. The molecule has 0 heterocycles. The van der Waals surface area contributed by atoms with Gasteiger partial charge in [0.05, 0.1) is 11.5 Å². The minimum Gasteiger partial charge on any atom is -0.399 e. The van der Waals surface area contributed by atoms with Gasteiger partial charge in [-0.15, -0.1) is 0 Å². The normalized spacial score (nSPS) is 12.0. The second-order valence-corrected chi connectivity index (χ2v) is 6.14. The Morgan fingerprint density at radius 2 is 2.11 bits per heavy atom. The van der Waals surface area contributed by atoms with Gasteiger partial charge in [0, 0.05) is 16.7 Å². The number of halogens is 3. The summed E-state index contributed by atoms with van der Waals surface area (Å²) in [5.74, 6) is 0. The van der Waals surface area contributed by atoms with Crippen LogP contribution in [0.3, 0.4) is 0 Å². The number of sulfonamides is 1. The highest BCUT2D eigenvalue weighted by Gasteiger charge is 2.17. The first-order valence-corrected chi connectivity index (χ1v) is 7.51. The van der Waals surface area contributed by atoms with Crippen LogP contribution in [0, 0.1) is 0 Å². The maximum absolute atomic E-state index is 11.9. The molecule has 0 aliphatic rings. The van der Waals surface area contributed by atoms with Crippen LogP contribution in [0.5, 0.6) is 0 Å². The highest BCUT2D eigenvalue weighted by atomic mass is 79.9. The quantitative estimate of drug-likeness (QED) is 0.572. The number of alkyl halides is 2. The maximum Gasteiger partial charge on any atom is 0.261 e. The molecule has 0 bridgehead atoms. The van der Waals surface area contributed by atoms with Crippen molar-refractivity contribution >= 4 is 31.6 Å². The van der Waals surface area contributed by atoms with Gasteiger partial charge in [0.25, 0.3) is 6.43 Å². The molecule has 0 spiro atoms. The lowest BCUT2D eigenvalue weighted by Gasteiger charge is -2.09. The summed E-state index contributed by atoms with van der Waals surface area (Å²) >= 11 is 3.10. The number of rotatable bonds is 7. The highest BCUT2D eigenvalue weighted by molar-refractivity contribution is 9.10.